The Morgan fingerprint density at radius 3 is 2.77 bits per heavy atom. The molecule has 1 atom stereocenters. The molecule has 1 amide bonds. The molecule has 0 radical (unpaired) electrons. The zero-order valence-corrected chi connectivity index (χ0v) is 8.59. The molecule has 1 N–H and O–H groups in total. The minimum Gasteiger partial charge on any atom is -0.364 e. The van der Waals surface area contributed by atoms with Crippen molar-refractivity contribution in [1.29, 1.82) is 0 Å². The Kier molecular flexibility index (Phi) is 3.27. The Hall–Kier alpha value is -0.610. The van der Waals surface area contributed by atoms with Crippen molar-refractivity contribution < 1.29 is 9.53 Å². The first-order valence-electron chi connectivity index (χ1n) is 4.57. The van der Waals surface area contributed by atoms with E-state index < -0.39 is 0 Å². The van der Waals surface area contributed by atoms with Gasteiger partial charge in [0.15, 0.2) is 0 Å². The van der Waals surface area contributed by atoms with Gasteiger partial charge in [-0.15, -0.1) is 0 Å². The summed E-state index contributed by atoms with van der Waals surface area (Å²) >= 11 is 0. The Bertz CT molecular complexity index is 182. The van der Waals surface area contributed by atoms with E-state index in [1.807, 2.05) is 21.0 Å². The molecule has 1 aliphatic rings. The van der Waals surface area contributed by atoms with E-state index in [4.69, 9.17) is 4.74 Å². The summed E-state index contributed by atoms with van der Waals surface area (Å²) in [5.41, 5.74) is -0.182. The second-order valence-electron chi connectivity index (χ2n) is 4.07. The summed E-state index contributed by atoms with van der Waals surface area (Å²) in [6.45, 7) is 3.84. The SMILES string of the molecule is CN(C)CCC1(C)CNC(=O)CO1. The van der Waals surface area contributed by atoms with Gasteiger partial charge in [0, 0.05) is 13.1 Å². The number of hydrogen-bond donors (Lipinski definition) is 1. The normalized spacial score (nSPS) is 29.1. The molecule has 76 valence electrons. The molecule has 1 unspecified atom stereocenters. The fourth-order valence-corrected chi connectivity index (χ4v) is 1.25. The Morgan fingerprint density at radius 1 is 1.62 bits per heavy atom. The molecule has 0 aromatic rings. The quantitative estimate of drug-likeness (QED) is 0.666. The number of hydrogen-bond acceptors (Lipinski definition) is 3. The lowest BCUT2D eigenvalue weighted by Gasteiger charge is -2.34. The molecular formula is C9H18N2O2. The molecule has 0 aromatic carbocycles. The maximum absolute atomic E-state index is 10.8. The van der Waals surface area contributed by atoms with E-state index in [0.29, 0.717) is 6.54 Å². The predicted molar refractivity (Wildman–Crippen MR) is 50.5 cm³/mol. The molecule has 0 aliphatic carbocycles. The highest BCUT2D eigenvalue weighted by Crippen LogP contribution is 2.17. The summed E-state index contributed by atoms with van der Waals surface area (Å²) in [5.74, 6) is -0.0117. The predicted octanol–water partition coefficient (Wildman–Crippen LogP) is -0.157. The highest BCUT2D eigenvalue weighted by molar-refractivity contribution is 5.77. The van der Waals surface area contributed by atoms with Gasteiger partial charge in [-0.2, -0.15) is 0 Å². The Morgan fingerprint density at radius 2 is 2.31 bits per heavy atom. The number of rotatable bonds is 3. The highest BCUT2D eigenvalue weighted by Gasteiger charge is 2.30. The van der Waals surface area contributed by atoms with Crippen molar-refractivity contribution in [3.8, 4) is 0 Å². The van der Waals surface area contributed by atoms with Crippen molar-refractivity contribution in [3.63, 3.8) is 0 Å². The molecular weight excluding hydrogens is 168 g/mol. The van der Waals surface area contributed by atoms with Gasteiger partial charge in [0.1, 0.15) is 6.61 Å². The molecule has 1 heterocycles. The average Bonchev–Trinajstić information content (AvgIpc) is 2.08. The van der Waals surface area contributed by atoms with Crippen LogP contribution in [0.2, 0.25) is 0 Å². The van der Waals surface area contributed by atoms with Crippen LogP contribution in [0.4, 0.5) is 0 Å². The first-order chi connectivity index (χ1) is 6.02. The molecule has 1 rings (SSSR count). The lowest BCUT2D eigenvalue weighted by molar-refractivity contribution is -0.142. The second-order valence-corrected chi connectivity index (χ2v) is 4.07. The lowest BCUT2D eigenvalue weighted by atomic mass is 10.0. The first-order valence-corrected chi connectivity index (χ1v) is 4.57. The van der Waals surface area contributed by atoms with Crippen molar-refractivity contribution >= 4 is 5.91 Å². The van der Waals surface area contributed by atoms with Crippen LogP contribution in [0.25, 0.3) is 0 Å². The fourth-order valence-electron chi connectivity index (χ4n) is 1.25. The summed E-state index contributed by atoms with van der Waals surface area (Å²) in [7, 11) is 4.07. The maximum Gasteiger partial charge on any atom is 0.246 e. The van der Waals surface area contributed by atoms with E-state index in [1.54, 1.807) is 0 Å². The van der Waals surface area contributed by atoms with Crippen LogP contribution in [0.1, 0.15) is 13.3 Å². The molecule has 4 nitrogen and oxygen atoms in total. The van der Waals surface area contributed by atoms with Gasteiger partial charge in [0.05, 0.1) is 5.60 Å². The van der Waals surface area contributed by atoms with Crippen molar-refractivity contribution in [3.05, 3.63) is 0 Å². The van der Waals surface area contributed by atoms with E-state index in [1.165, 1.54) is 0 Å². The summed E-state index contributed by atoms with van der Waals surface area (Å²) < 4.78 is 5.49. The molecule has 13 heavy (non-hydrogen) atoms. The van der Waals surface area contributed by atoms with Crippen LogP contribution in [-0.4, -0.2) is 50.2 Å². The molecule has 0 aromatic heterocycles. The van der Waals surface area contributed by atoms with Gasteiger partial charge in [0.25, 0.3) is 0 Å². The molecule has 1 saturated heterocycles. The second kappa shape index (κ2) is 4.07. The van der Waals surface area contributed by atoms with Gasteiger partial charge in [-0.1, -0.05) is 0 Å². The third-order valence-corrected chi connectivity index (χ3v) is 2.30. The third kappa shape index (κ3) is 3.32. The zero-order chi connectivity index (χ0) is 9.90. The van der Waals surface area contributed by atoms with Crippen molar-refractivity contribution in [2.24, 2.45) is 0 Å². The summed E-state index contributed by atoms with van der Waals surface area (Å²) in [6, 6.07) is 0. The monoisotopic (exact) mass is 186 g/mol. The van der Waals surface area contributed by atoms with Crippen LogP contribution in [-0.2, 0) is 9.53 Å². The zero-order valence-electron chi connectivity index (χ0n) is 8.59. The van der Waals surface area contributed by atoms with Crippen LogP contribution in [0, 0.1) is 0 Å². The smallest absolute Gasteiger partial charge is 0.246 e. The van der Waals surface area contributed by atoms with E-state index in [0.717, 1.165) is 13.0 Å². The summed E-state index contributed by atoms with van der Waals surface area (Å²) in [4.78, 5) is 13.0. The van der Waals surface area contributed by atoms with Crippen LogP contribution >= 0.6 is 0 Å². The van der Waals surface area contributed by atoms with E-state index in [2.05, 4.69) is 10.2 Å². The van der Waals surface area contributed by atoms with Crippen molar-refractivity contribution in [2.75, 3.05) is 33.8 Å². The Labute approximate surface area is 79.2 Å². The molecule has 0 bridgehead atoms. The number of carbonyl (C=O) groups is 1. The molecule has 0 spiro atoms. The Balaban J connectivity index is 2.34. The molecule has 4 heteroatoms. The molecule has 1 aliphatic heterocycles. The van der Waals surface area contributed by atoms with Crippen LogP contribution in [0.5, 0.6) is 0 Å². The van der Waals surface area contributed by atoms with Crippen LogP contribution in [0.15, 0.2) is 0 Å². The van der Waals surface area contributed by atoms with Crippen molar-refractivity contribution in [1.82, 2.24) is 10.2 Å². The summed E-state index contributed by atoms with van der Waals surface area (Å²) in [6.07, 6.45) is 0.945. The van der Waals surface area contributed by atoms with Crippen LogP contribution in [0.3, 0.4) is 0 Å². The van der Waals surface area contributed by atoms with Gasteiger partial charge in [-0.05, 0) is 27.4 Å². The van der Waals surface area contributed by atoms with Gasteiger partial charge in [-0.25, -0.2) is 0 Å². The largest absolute Gasteiger partial charge is 0.364 e. The van der Waals surface area contributed by atoms with E-state index >= 15 is 0 Å². The fraction of sp³-hybridized carbons (Fsp3) is 0.889. The number of carbonyl (C=O) groups excluding carboxylic acids is 1. The maximum atomic E-state index is 10.8. The summed E-state index contributed by atoms with van der Waals surface area (Å²) in [5, 5.41) is 2.81. The molecule has 0 saturated carbocycles. The van der Waals surface area contributed by atoms with Crippen LogP contribution < -0.4 is 5.32 Å². The first kappa shape index (κ1) is 10.5. The number of amides is 1. The molecule has 1 fully saturated rings. The number of nitrogens with zero attached hydrogens (tertiary/aromatic N) is 1. The highest BCUT2D eigenvalue weighted by atomic mass is 16.5. The van der Waals surface area contributed by atoms with E-state index in [9.17, 15) is 4.79 Å². The lowest BCUT2D eigenvalue weighted by Crippen LogP contribution is -2.51. The average molecular weight is 186 g/mol. The van der Waals surface area contributed by atoms with Gasteiger partial charge in [-0.3, -0.25) is 4.79 Å². The van der Waals surface area contributed by atoms with E-state index in [-0.39, 0.29) is 18.1 Å². The number of morpholine rings is 1. The van der Waals surface area contributed by atoms with Gasteiger partial charge in [0.2, 0.25) is 5.91 Å². The number of nitrogens with one attached hydrogen (secondary N) is 1. The van der Waals surface area contributed by atoms with Gasteiger partial charge < -0.3 is 15.0 Å². The number of ether oxygens (including phenoxy) is 1. The minimum absolute atomic E-state index is 0.0117. The topological polar surface area (TPSA) is 41.6 Å². The van der Waals surface area contributed by atoms with Gasteiger partial charge >= 0.3 is 0 Å². The van der Waals surface area contributed by atoms with Crippen molar-refractivity contribution in [2.45, 2.75) is 18.9 Å². The third-order valence-electron chi connectivity index (χ3n) is 2.30. The standard InChI is InChI=1S/C9H18N2O2/c1-9(4-5-11(2)3)7-10-8(12)6-13-9/h4-7H2,1-3H3,(H,10,12). The minimum atomic E-state index is -0.182.